The highest BCUT2D eigenvalue weighted by molar-refractivity contribution is 5.99. The van der Waals surface area contributed by atoms with E-state index in [1.54, 1.807) is 4.90 Å². The number of methoxy groups -OCH3 is 1. The van der Waals surface area contributed by atoms with Gasteiger partial charge in [0.15, 0.2) is 0 Å². The molecule has 23 heavy (non-hydrogen) atoms. The van der Waals surface area contributed by atoms with Gasteiger partial charge in [-0.15, -0.1) is 0 Å². The summed E-state index contributed by atoms with van der Waals surface area (Å²) >= 11 is 0. The third kappa shape index (κ3) is 3.11. The molecule has 4 nitrogen and oxygen atoms in total. The van der Waals surface area contributed by atoms with Crippen LogP contribution in [0.5, 0.6) is 0 Å². The van der Waals surface area contributed by atoms with E-state index in [9.17, 15) is 9.59 Å². The number of amides is 1. The predicted molar refractivity (Wildman–Crippen MR) is 87.1 cm³/mol. The van der Waals surface area contributed by atoms with Crippen molar-refractivity contribution < 1.29 is 14.3 Å². The number of nitrogens with zero attached hydrogens (tertiary/aromatic N) is 1. The molecule has 0 aliphatic carbocycles. The van der Waals surface area contributed by atoms with E-state index in [4.69, 9.17) is 4.74 Å². The molecule has 0 bridgehead atoms. The summed E-state index contributed by atoms with van der Waals surface area (Å²) in [4.78, 5) is 26.7. The summed E-state index contributed by atoms with van der Waals surface area (Å²) in [6, 6.07) is 16.7. The van der Waals surface area contributed by atoms with E-state index in [0.717, 1.165) is 17.5 Å². The van der Waals surface area contributed by atoms with E-state index >= 15 is 0 Å². The number of carbonyl (C=O) groups excluding carboxylic acids is 2. The van der Waals surface area contributed by atoms with Gasteiger partial charge in [0.1, 0.15) is 6.04 Å². The molecule has 0 spiro atoms. The van der Waals surface area contributed by atoms with Gasteiger partial charge in [0.2, 0.25) is 0 Å². The van der Waals surface area contributed by atoms with Crippen LogP contribution in [0.1, 0.15) is 21.5 Å². The van der Waals surface area contributed by atoms with Gasteiger partial charge in [0.05, 0.1) is 7.11 Å². The van der Waals surface area contributed by atoms with E-state index in [1.165, 1.54) is 7.11 Å². The first-order chi connectivity index (χ1) is 11.2. The molecule has 118 valence electrons. The van der Waals surface area contributed by atoms with Crippen molar-refractivity contribution in [3.63, 3.8) is 0 Å². The van der Waals surface area contributed by atoms with Gasteiger partial charge in [-0.3, -0.25) is 4.79 Å². The Kier molecular flexibility index (Phi) is 4.42. The van der Waals surface area contributed by atoms with Crippen LogP contribution >= 0.6 is 0 Å². The summed E-state index contributed by atoms with van der Waals surface area (Å²) in [5, 5.41) is 0. The second-order valence-corrected chi connectivity index (χ2v) is 5.63. The average molecular weight is 309 g/mol. The van der Waals surface area contributed by atoms with Gasteiger partial charge in [-0.1, -0.05) is 48.5 Å². The normalized spacial score (nSPS) is 15.0. The van der Waals surface area contributed by atoms with E-state index in [1.807, 2.05) is 54.6 Å². The van der Waals surface area contributed by atoms with Gasteiger partial charge in [-0.25, -0.2) is 4.79 Å². The highest BCUT2D eigenvalue weighted by atomic mass is 16.5. The molecule has 0 unspecified atom stereocenters. The lowest BCUT2D eigenvalue weighted by molar-refractivity contribution is -0.146. The van der Waals surface area contributed by atoms with Crippen molar-refractivity contribution in [3.8, 4) is 0 Å². The second kappa shape index (κ2) is 6.65. The minimum atomic E-state index is -0.594. The Morgan fingerprint density at radius 1 is 1.13 bits per heavy atom. The van der Waals surface area contributed by atoms with Gasteiger partial charge >= 0.3 is 5.97 Å². The molecule has 2 aromatic rings. The van der Waals surface area contributed by atoms with Crippen LogP contribution in [0.4, 0.5) is 0 Å². The highest BCUT2D eigenvalue weighted by Crippen LogP contribution is 2.22. The summed E-state index contributed by atoms with van der Waals surface area (Å²) in [5.41, 5.74) is 2.73. The fourth-order valence-corrected chi connectivity index (χ4v) is 3.04. The summed E-state index contributed by atoms with van der Waals surface area (Å²) in [5.74, 6) is -0.472. The summed E-state index contributed by atoms with van der Waals surface area (Å²) in [6.45, 7) is 0.530. The molecule has 0 saturated heterocycles. The lowest BCUT2D eigenvalue weighted by Crippen LogP contribution is -2.50. The third-order valence-electron chi connectivity index (χ3n) is 4.25. The molecule has 1 aliphatic heterocycles. The topological polar surface area (TPSA) is 46.6 Å². The van der Waals surface area contributed by atoms with E-state index in [0.29, 0.717) is 18.5 Å². The Balaban J connectivity index is 1.89. The molecule has 0 saturated carbocycles. The van der Waals surface area contributed by atoms with Gasteiger partial charge in [0.25, 0.3) is 5.91 Å². The molecule has 3 rings (SSSR count). The van der Waals surface area contributed by atoms with Crippen LogP contribution in [0.3, 0.4) is 0 Å². The van der Waals surface area contributed by atoms with Crippen molar-refractivity contribution in [1.82, 2.24) is 4.90 Å². The Morgan fingerprint density at radius 3 is 2.57 bits per heavy atom. The maximum atomic E-state index is 12.8. The number of rotatable bonds is 4. The van der Waals surface area contributed by atoms with Crippen LogP contribution < -0.4 is 0 Å². The Labute approximate surface area is 135 Å². The molecule has 1 amide bonds. The highest BCUT2D eigenvalue weighted by Gasteiger charge is 2.34. The lowest BCUT2D eigenvalue weighted by atomic mass is 9.96. The zero-order chi connectivity index (χ0) is 16.2. The first-order valence-electron chi connectivity index (χ1n) is 7.71. The molecule has 4 heteroatoms. The fraction of sp³-hybridized carbons (Fsp3) is 0.263. The largest absolute Gasteiger partial charge is 0.467 e. The summed E-state index contributed by atoms with van der Waals surface area (Å²) < 4.78 is 4.94. The maximum absolute atomic E-state index is 12.8. The number of benzene rings is 2. The van der Waals surface area contributed by atoms with Gasteiger partial charge in [-0.2, -0.15) is 0 Å². The average Bonchev–Trinajstić information content (AvgIpc) is 2.61. The molecule has 1 heterocycles. The predicted octanol–water partition coefficient (Wildman–Crippen LogP) is 2.47. The third-order valence-corrected chi connectivity index (χ3v) is 4.25. The van der Waals surface area contributed by atoms with Crippen LogP contribution in [-0.4, -0.2) is 36.5 Å². The zero-order valence-corrected chi connectivity index (χ0v) is 13.1. The minimum Gasteiger partial charge on any atom is -0.467 e. The van der Waals surface area contributed by atoms with Crippen LogP contribution in [0.2, 0.25) is 0 Å². The van der Waals surface area contributed by atoms with Crippen LogP contribution in [-0.2, 0) is 22.4 Å². The quantitative estimate of drug-likeness (QED) is 0.815. The molecule has 1 atom stereocenters. The molecule has 0 radical (unpaired) electrons. The van der Waals surface area contributed by atoms with Gasteiger partial charge in [-0.05, 0) is 23.6 Å². The van der Waals surface area contributed by atoms with Crippen molar-refractivity contribution in [2.75, 3.05) is 13.7 Å². The maximum Gasteiger partial charge on any atom is 0.328 e. The number of carbonyl (C=O) groups is 2. The summed E-state index contributed by atoms with van der Waals surface area (Å²) in [7, 11) is 1.36. The first kappa shape index (κ1) is 15.3. The van der Waals surface area contributed by atoms with Crippen LogP contribution in [0, 0.1) is 0 Å². The Hall–Kier alpha value is -2.62. The van der Waals surface area contributed by atoms with Crippen molar-refractivity contribution in [2.45, 2.75) is 18.9 Å². The first-order valence-corrected chi connectivity index (χ1v) is 7.71. The van der Waals surface area contributed by atoms with Gasteiger partial charge < -0.3 is 9.64 Å². The fourth-order valence-electron chi connectivity index (χ4n) is 3.04. The number of ether oxygens (including phenoxy) is 1. The number of hydrogen-bond acceptors (Lipinski definition) is 3. The van der Waals surface area contributed by atoms with Crippen molar-refractivity contribution in [1.29, 1.82) is 0 Å². The van der Waals surface area contributed by atoms with Crippen molar-refractivity contribution in [3.05, 3.63) is 71.3 Å². The van der Waals surface area contributed by atoms with E-state index in [-0.39, 0.29) is 11.9 Å². The van der Waals surface area contributed by atoms with Crippen LogP contribution in [0.25, 0.3) is 0 Å². The van der Waals surface area contributed by atoms with Crippen molar-refractivity contribution in [2.24, 2.45) is 0 Å². The van der Waals surface area contributed by atoms with E-state index < -0.39 is 6.04 Å². The molecular weight excluding hydrogens is 290 g/mol. The lowest BCUT2D eigenvalue weighted by Gasteiger charge is -2.34. The molecular formula is C19H19NO3. The Bertz CT molecular complexity index is 712. The second-order valence-electron chi connectivity index (χ2n) is 5.63. The Morgan fingerprint density at radius 2 is 1.83 bits per heavy atom. The molecule has 2 aromatic carbocycles. The number of hydrogen-bond donors (Lipinski definition) is 0. The molecule has 0 fully saturated rings. The van der Waals surface area contributed by atoms with Crippen molar-refractivity contribution >= 4 is 11.9 Å². The smallest absolute Gasteiger partial charge is 0.328 e. The van der Waals surface area contributed by atoms with E-state index in [2.05, 4.69) is 0 Å². The van der Waals surface area contributed by atoms with Gasteiger partial charge in [0, 0.05) is 18.5 Å². The van der Waals surface area contributed by atoms with Crippen LogP contribution in [0.15, 0.2) is 54.6 Å². The molecule has 0 N–H and O–H groups in total. The standard InChI is InChI=1S/C19H19NO3/c1-23-19(22)17(13-14-7-3-2-4-8-14)20-12-11-15-9-5-6-10-16(15)18(20)21/h2-10,17H,11-13H2,1H3/t17-/m0/s1. The monoisotopic (exact) mass is 309 g/mol. The number of esters is 1. The summed E-state index contributed by atoms with van der Waals surface area (Å²) in [6.07, 6.45) is 1.21. The molecule has 0 aromatic heterocycles. The zero-order valence-electron chi connectivity index (χ0n) is 13.1. The number of fused-ring (bicyclic) bond motifs is 1. The molecule has 1 aliphatic rings. The SMILES string of the molecule is COC(=O)[C@H](Cc1ccccc1)N1CCc2ccccc2C1=O. The minimum absolute atomic E-state index is 0.0989.